The van der Waals surface area contributed by atoms with Crippen LogP contribution in [0.25, 0.3) is 0 Å². The van der Waals surface area contributed by atoms with E-state index in [2.05, 4.69) is 18.7 Å². The normalized spacial score (nSPS) is 24.4. The zero-order chi connectivity index (χ0) is 14.0. The summed E-state index contributed by atoms with van der Waals surface area (Å²) in [5.41, 5.74) is 0.0740. The van der Waals surface area contributed by atoms with E-state index >= 15 is 0 Å². The Morgan fingerprint density at radius 2 is 2.00 bits per heavy atom. The summed E-state index contributed by atoms with van der Waals surface area (Å²) in [7, 11) is 0. The van der Waals surface area contributed by atoms with Crippen LogP contribution in [0.3, 0.4) is 0 Å². The van der Waals surface area contributed by atoms with Gasteiger partial charge in [0.2, 0.25) is 0 Å². The molecule has 1 saturated heterocycles. The Labute approximate surface area is 113 Å². The fourth-order valence-electron chi connectivity index (χ4n) is 2.77. The van der Waals surface area contributed by atoms with Crippen molar-refractivity contribution in [2.24, 2.45) is 0 Å². The molecule has 19 heavy (non-hydrogen) atoms. The summed E-state index contributed by atoms with van der Waals surface area (Å²) in [4.78, 5) is 14.3. The van der Waals surface area contributed by atoms with Gasteiger partial charge in [-0.1, -0.05) is 6.42 Å². The first kappa shape index (κ1) is 14.0. The molecule has 0 saturated carbocycles. The monoisotopic (exact) mass is 265 g/mol. The van der Waals surface area contributed by atoms with Crippen molar-refractivity contribution in [3.63, 3.8) is 0 Å². The molecule has 0 bridgehead atoms. The lowest BCUT2D eigenvalue weighted by molar-refractivity contribution is 0.0731. The highest BCUT2D eigenvalue weighted by Gasteiger charge is 2.27. The Morgan fingerprint density at radius 3 is 2.63 bits per heavy atom. The van der Waals surface area contributed by atoms with E-state index < -0.39 is 5.82 Å². The number of likely N-dealkylation sites (tertiary alicyclic amines) is 1. The number of hydrogen-bond acceptors (Lipinski definition) is 3. The zero-order valence-electron chi connectivity index (χ0n) is 11.4. The number of nitrogens with zero attached hydrogens (tertiary/aromatic N) is 1. The Morgan fingerprint density at radius 1 is 1.37 bits per heavy atom. The van der Waals surface area contributed by atoms with Crippen molar-refractivity contribution < 1.29 is 14.3 Å². The summed E-state index contributed by atoms with van der Waals surface area (Å²) in [6, 6.07) is 4.19. The summed E-state index contributed by atoms with van der Waals surface area (Å²) < 4.78 is 13.2. The van der Waals surface area contributed by atoms with Crippen molar-refractivity contribution >= 4 is 5.78 Å². The van der Waals surface area contributed by atoms with Crippen LogP contribution >= 0.6 is 0 Å². The summed E-state index contributed by atoms with van der Waals surface area (Å²) in [6.07, 6.45) is 3.33. The molecule has 2 atom stereocenters. The maximum Gasteiger partial charge on any atom is 0.180 e. The molecular weight excluding hydrogens is 245 g/mol. The number of carbonyl (C=O) groups excluding carboxylic acids is 1. The molecule has 0 radical (unpaired) electrons. The number of benzene rings is 1. The highest BCUT2D eigenvalue weighted by molar-refractivity contribution is 6.00. The summed E-state index contributed by atoms with van der Waals surface area (Å²) >= 11 is 0. The van der Waals surface area contributed by atoms with Crippen LogP contribution in [0.4, 0.5) is 4.39 Å². The van der Waals surface area contributed by atoms with E-state index in [9.17, 15) is 14.3 Å². The molecule has 1 aromatic carbocycles. The second kappa shape index (κ2) is 5.70. The molecule has 0 spiro atoms. The second-order valence-corrected chi connectivity index (χ2v) is 5.39. The highest BCUT2D eigenvalue weighted by Crippen LogP contribution is 2.24. The smallest absolute Gasteiger partial charge is 0.180 e. The van der Waals surface area contributed by atoms with Gasteiger partial charge in [0.15, 0.2) is 5.78 Å². The predicted molar refractivity (Wildman–Crippen MR) is 71.9 cm³/mol. The Hall–Kier alpha value is -1.42. The third-order valence-electron chi connectivity index (χ3n) is 3.96. The Balaban J connectivity index is 2.14. The van der Waals surface area contributed by atoms with Gasteiger partial charge in [-0.15, -0.1) is 0 Å². The standard InChI is InChI=1S/C15H20FNO2/c1-10-4-3-5-11(2)17(10)9-15(19)13-8-12(16)6-7-14(13)18/h6-8,10-11,18H,3-5,9H2,1-2H3/t10-,11+. The number of rotatable bonds is 3. The van der Waals surface area contributed by atoms with Crippen molar-refractivity contribution in [1.29, 1.82) is 0 Å². The van der Waals surface area contributed by atoms with Gasteiger partial charge in [0.25, 0.3) is 0 Å². The van der Waals surface area contributed by atoms with Gasteiger partial charge in [0.1, 0.15) is 11.6 Å². The predicted octanol–water partition coefficient (Wildman–Crippen LogP) is 2.98. The first-order valence-electron chi connectivity index (χ1n) is 6.76. The van der Waals surface area contributed by atoms with Crippen LogP contribution in [0.5, 0.6) is 5.75 Å². The van der Waals surface area contributed by atoms with Crippen molar-refractivity contribution in [2.45, 2.75) is 45.2 Å². The van der Waals surface area contributed by atoms with E-state index in [1.165, 1.54) is 12.5 Å². The van der Waals surface area contributed by atoms with Crippen LogP contribution in [0.2, 0.25) is 0 Å². The molecular formula is C15H20FNO2. The third-order valence-corrected chi connectivity index (χ3v) is 3.96. The van der Waals surface area contributed by atoms with E-state index in [0.717, 1.165) is 25.0 Å². The lowest BCUT2D eigenvalue weighted by Crippen LogP contribution is -2.46. The topological polar surface area (TPSA) is 40.5 Å². The Kier molecular flexibility index (Phi) is 4.20. The summed E-state index contributed by atoms with van der Waals surface area (Å²) in [6.45, 7) is 4.45. The average Bonchev–Trinajstić information content (AvgIpc) is 2.37. The number of phenolic OH excluding ortho intramolecular Hbond substituents is 1. The SMILES string of the molecule is C[C@@H]1CCC[C@H](C)N1CC(=O)c1cc(F)ccc1O. The molecule has 1 aliphatic heterocycles. The fourth-order valence-corrected chi connectivity index (χ4v) is 2.77. The second-order valence-electron chi connectivity index (χ2n) is 5.39. The van der Waals surface area contributed by atoms with Crippen LogP contribution in [-0.4, -0.2) is 34.4 Å². The van der Waals surface area contributed by atoms with E-state index in [0.29, 0.717) is 12.1 Å². The summed E-state index contributed by atoms with van der Waals surface area (Å²) in [5.74, 6) is -0.873. The maximum absolute atomic E-state index is 13.2. The van der Waals surface area contributed by atoms with E-state index in [-0.39, 0.29) is 23.6 Å². The third kappa shape index (κ3) is 3.13. The van der Waals surface area contributed by atoms with Gasteiger partial charge in [-0.05, 0) is 44.9 Å². The molecule has 1 N–H and O–H groups in total. The zero-order valence-corrected chi connectivity index (χ0v) is 11.4. The molecule has 1 aliphatic rings. The molecule has 1 aromatic rings. The minimum atomic E-state index is -0.499. The van der Waals surface area contributed by atoms with Gasteiger partial charge in [0.05, 0.1) is 12.1 Å². The number of aromatic hydroxyl groups is 1. The maximum atomic E-state index is 13.2. The van der Waals surface area contributed by atoms with Crippen molar-refractivity contribution in [3.8, 4) is 5.75 Å². The lowest BCUT2D eigenvalue weighted by Gasteiger charge is -2.38. The van der Waals surface area contributed by atoms with Crippen molar-refractivity contribution in [3.05, 3.63) is 29.6 Å². The number of ketones is 1. The fraction of sp³-hybridized carbons (Fsp3) is 0.533. The molecule has 2 rings (SSSR count). The molecule has 104 valence electrons. The number of halogens is 1. The number of phenols is 1. The Bertz CT molecular complexity index is 465. The molecule has 1 fully saturated rings. The van der Waals surface area contributed by atoms with E-state index in [4.69, 9.17) is 0 Å². The van der Waals surface area contributed by atoms with Gasteiger partial charge in [-0.2, -0.15) is 0 Å². The molecule has 0 aromatic heterocycles. The van der Waals surface area contributed by atoms with Gasteiger partial charge in [0, 0.05) is 12.1 Å². The van der Waals surface area contributed by atoms with E-state index in [1.807, 2.05) is 0 Å². The van der Waals surface area contributed by atoms with Crippen molar-refractivity contribution in [1.82, 2.24) is 4.90 Å². The minimum Gasteiger partial charge on any atom is -0.507 e. The lowest BCUT2D eigenvalue weighted by atomic mass is 9.96. The molecule has 1 heterocycles. The van der Waals surface area contributed by atoms with E-state index in [1.54, 1.807) is 0 Å². The number of piperidine rings is 1. The van der Waals surface area contributed by atoms with Gasteiger partial charge < -0.3 is 5.11 Å². The van der Waals surface area contributed by atoms with Crippen LogP contribution in [0.1, 0.15) is 43.5 Å². The number of Topliss-reactive ketones (excluding diaryl/α,β-unsaturated/α-hetero) is 1. The molecule has 0 amide bonds. The average molecular weight is 265 g/mol. The van der Waals surface area contributed by atoms with Crippen LogP contribution in [-0.2, 0) is 0 Å². The molecule has 0 aliphatic carbocycles. The first-order chi connectivity index (χ1) is 8.99. The van der Waals surface area contributed by atoms with Crippen LogP contribution in [0, 0.1) is 5.82 Å². The minimum absolute atomic E-state index is 0.0740. The number of hydrogen-bond donors (Lipinski definition) is 1. The van der Waals surface area contributed by atoms with Gasteiger partial charge in [-0.3, -0.25) is 9.69 Å². The molecule has 0 unspecified atom stereocenters. The first-order valence-corrected chi connectivity index (χ1v) is 6.76. The largest absolute Gasteiger partial charge is 0.507 e. The van der Waals surface area contributed by atoms with Crippen LogP contribution in [0.15, 0.2) is 18.2 Å². The highest BCUT2D eigenvalue weighted by atomic mass is 19.1. The van der Waals surface area contributed by atoms with Crippen LogP contribution < -0.4 is 0 Å². The molecule has 4 heteroatoms. The summed E-state index contributed by atoms with van der Waals surface area (Å²) in [5, 5.41) is 9.66. The quantitative estimate of drug-likeness (QED) is 0.854. The van der Waals surface area contributed by atoms with Crippen molar-refractivity contribution in [2.75, 3.05) is 6.54 Å². The van der Waals surface area contributed by atoms with Gasteiger partial charge in [-0.25, -0.2) is 4.39 Å². The number of carbonyl (C=O) groups is 1. The van der Waals surface area contributed by atoms with Gasteiger partial charge >= 0.3 is 0 Å². The molecule has 3 nitrogen and oxygen atoms in total.